The highest BCUT2D eigenvalue weighted by atomic mass is 127. The molecule has 2 rings (SSSR count). The summed E-state index contributed by atoms with van der Waals surface area (Å²) in [6, 6.07) is 0.646. The zero-order chi connectivity index (χ0) is 12.8. The van der Waals surface area contributed by atoms with E-state index < -0.39 is 0 Å². The summed E-state index contributed by atoms with van der Waals surface area (Å²) in [4.78, 5) is 6.51. The molecule has 0 heterocycles. The number of hydrogen-bond donors (Lipinski definition) is 1. The Bertz CT molecular complexity index is 276. The maximum Gasteiger partial charge on any atom is 0.191 e. The summed E-state index contributed by atoms with van der Waals surface area (Å²) in [5, 5.41) is 0. The predicted molar refractivity (Wildman–Crippen MR) is 90.1 cm³/mol. The van der Waals surface area contributed by atoms with Gasteiger partial charge < -0.3 is 15.4 Å². The monoisotopic (exact) mass is 381 g/mol. The van der Waals surface area contributed by atoms with Crippen molar-refractivity contribution in [1.29, 1.82) is 0 Å². The van der Waals surface area contributed by atoms with Crippen molar-refractivity contribution >= 4 is 29.9 Å². The van der Waals surface area contributed by atoms with Crippen molar-refractivity contribution in [1.82, 2.24) is 4.90 Å². The van der Waals surface area contributed by atoms with E-state index in [1.807, 2.05) is 7.05 Å². The van der Waals surface area contributed by atoms with E-state index in [9.17, 15) is 0 Å². The molecule has 0 atom stereocenters. The topological polar surface area (TPSA) is 50.8 Å². The maximum absolute atomic E-state index is 5.92. The number of rotatable bonds is 6. The summed E-state index contributed by atoms with van der Waals surface area (Å²) in [6.45, 7) is 1.62. The maximum atomic E-state index is 5.92. The molecule has 0 aromatic carbocycles. The van der Waals surface area contributed by atoms with Gasteiger partial charge in [0.05, 0.1) is 6.10 Å². The Balaban J connectivity index is 0.00000180. The molecule has 19 heavy (non-hydrogen) atoms. The van der Waals surface area contributed by atoms with Crippen molar-refractivity contribution in [3.63, 3.8) is 0 Å². The van der Waals surface area contributed by atoms with Crippen LogP contribution in [-0.2, 0) is 4.74 Å². The molecule has 5 heteroatoms. The van der Waals surface area contributed by atoms with Gasteiger partial charge in [0.15, 0.2) is 5.96 Å². The molecule has 0 bridgehead atoms. The van der Waals surface area contributed by atoms with Crippen LogP contribution >= 0.6 is 24.0 Å². The fraction of sp³-hybridized carbons (Fsp3) is 0.929. The van der Waals surface area contributed by atoms with Gasteiger partial charge in [-0.15, -0.1) is 24.0 Å². The van der Waals surface area contributed by atoms with E-state index in [2.05, 4.69) is 9.89 Å². The molecule has 2 aliphatic rings. The van der Waals surface area contributed by atoms with Gasteiger partial charge in [0.1, 0.15) is 0 Å². The van der Waals surface area contributed by atoms with Gasteiger partial charge in [0.2, 0.25) is 0 Å². The van der Waals surface area contributed by atoms with Crippen molar-refractivity contribution in [2.75, 3.05) is 20.2 Å². The van der Waals surface area contributed by atoms with E-state index in [4.69, 9.17) is 10.5 Å². The summed E-state index contributed by atoms with van der Waals surface area (Å²) >= 11 is 0. The number of halogens is 1. The quantitative estimate of drug-likeness (QED) is 0.333. The zero-order valence-corrected chi connectivity index (χ0v) is 14.3. The highest BCUT2D eigenvalue weighted by Crippen LogP contribution is 2.24. The van der Waals surface area contributed by atoms with E-state index in [0.717, 1.165) is 19.6 Å². The van der Waals surface area contributed by atoms with E-state index in [1.165, 1.54) is 44.9 Å². The van der Waals surface area contributed by atoms with Gasteiger partial charge in [-0.1, -0.05) is 19.3 Å². The van der Waals surface area contributed by atoms with Crippen LogP contribution in [0, 0.1) is 0 Å². The lowest BCUT2D eigenvalue weighted by Gasteiger charge is -2.21. The Hall–Kier alpha value is -0.0400. The summed E-state index contributed by atoms with van der Waals surface area (Å²) in [5.41, 5.74) is 5.92. The molecule has 0 saturated heterocycles. The van der Waals surface area contributed by atoms with Crippen LogP contribution in [0.15, 0.2) is 4.99 Å². The molecule has 0 aromatic heterocycles. The van der Waals surface area contributed by atoms with Crippen LogP contribution in [0.3, 0.4) is 0 Å². The van der Waals surface area contributed by atoms with Crippen LogP contribution in [-0.4, -0.2) is 43.2 Å². The van der Waals surface area contributed by atoms with Crippen LogP contribution < -0.4 is 5.73 Å². The Morgan fingerprint density at radius 3 is 2.53 bits per heavy atom. The lowest BCUT2D eigenvalue weighted by atomic mass is 9.98. The van der Waals surface area contributed by atoms with Gasteiger partial charge in [-0.3, -0.25) is 4.99 Å². The van der Waals surface area contributed by atoms with Crippen LogP contribution in [0.1, 0.15) is 51.4 Å². The van der Waals surface area contributed by atoms with Crippen molar-refractivity contribution in [3.05, 3.63) is 0 Å². The second kappa shape index (κ2) is 9.00. The second-order valence-corrected chi connectivity index (χ2v) is 5.57. The Labute approximate surface area is 134 Å². The van der Waals surface area contributed by atoms with Crippen molar-refractivity contribution in [3.8, 4) is 0 Å². The summed E-state index contributed by atoms with van der Waals surface area (Å²) in [7, 11) is 2.04. The van der Waals surface area contributed by atoms with Gasteiger partial charge in [-0.25, -0.2) is 0 Å². The van der Waals surface area contributed by atoms with Crippen LogP contribution in [0.25, 0.3) is 0 Å². The van der Waals surface area contributed by atoms with Gasteiger partial charge in [0.25, 0.3) is 0 Å². The molecular formula is C14H28IN3O. The first kappa shape index (κ1) is 17.0. The third kappa shape index (κ3) is 6.29. The average Bonchev–Trinajstić information content (AvgIpc) is 3.23. The number of ether oxygens (including phenoxy) is 1. The number of aliphatic imine (C=N–C) groups is 1. The molecule has 0 spiro atoms. The Kier molecular flexibility index (Phi) is 8.06. The molecule has 4 nitrogen and oxygen atoms in total. The van der Waals surface area contributed by atoms with Crippen molar-refractivity contribution < 1.29 is 4.74 Å². The van der Waals surface area contributed by atoms with Gasteiger partial charge in [-0.05, 0) is 32.1 Å². The summed E-state index contributed by atoms with van der Waals surface area (Å²) in [5.74, 6) is 0.690. The van der Waals surface area contributed by atoms with E-state index in [-0.39, 0.29) is 24.0 Å². The van der Waals surface area contributed by atoms with E-state index >= 15 is 0 Å². The molecule has 0 aromatic rings. The highest BCUT2D eigenvalue weighted by Gasteiger charge is 2.27. The third-order valence-corrected chi connectivity index (χ3v) is 3.94. The molecule has 0 radical (unpaired) electrons. The van der Waals surface area contributed by atoms with Crippen LogP contribution in [0.2, 0.25) is 0 Å². The minimum Gasteiger partial charge on any atom is -0.378 e. The lowest BCUT2D eigenvalue weighted by molar-refractivity contribution is 0.0281. The smallest absolute Gasteiger partial charge is 0.191 e. The molecule has 2 N–H and O–H groups in total. The summed E-state index contributed by atoms with van der Waals surface area (Å²) in [6.07, 6.45) is 10.6. The van der Waals surface area contributed by atoms with Crippen molar-refractivity contribution in [2.24, 2.45) is 10.7 Å². The molecule has 0 aliphatic heterocycles. The van der Waals surface area contributed by atoms with Crippen LogP contribution in [0.4, 0.5) is 0 Å². The molecule has 112 valence electrons. The zero-order valence-electron chi connectivity index (χ0n) is 12.0. The fourth-order valence-corrected chi connectivity index (χ4v) is 2.50. The number of hydrogen-bond acceptors (Lipinski definition) is 2. The molecule has 2 aliphatic carbocycles. The minimum absolute atomic E-state index is 0. The summed E-state index contributed by atoms with van der Waals surface area (Å²) < 4.78 is 5.86. The van der Waals surface area contributed by atoms with E-state index in [0.29, 0.717) is 18.1 Å². The normalized spacial score (nSPS) is 21.0. The molecule has 2 saturated carbocycles. The van der Waals surface area contributed by atoms with Crippen LogP contribution in [0.5, 0.6) is 0 Å². The first-order valence-corrected chi connectivity index (χ1v) is 7.41. The number of nitrogens with two attached hydrogens (primary N) is 1. The second-order valence-electron chi connectivity index (χ2n) is 5.57. The van der Waals surface area contributed by atoms with E-state index in [1.54, 1.807) is 0 Å². The molecule has 0 amide bonds. The number of guanidine groups is 1. The van der Waals surface area contributed by atoms with Gasteiger partial charge in [-0.2, -0.15) is 0 Å². The SMILES string of the molecule is CN(C(N)=NCCCOC1CCCCC1)C1CC1.I. The molecule has 0 unspecified atom stereocenters. The lowest BCUT2D eigenvalue weighted by Crippen LogP contribution is -2.35. The minimum atomic E-state index is 0. The molecular weight excluding hydrogens is 353 g/mol. The Morgan fingerprint density at radius 2 is 1.89 bits per heavy atom. The average molecular weight is 381 g/mol. The third-order valence-electron chi connectivity index (χ3n) is 3.94. The number of nitrogens with zero attached hydrogens (tertiary/aromatic N) is 2. The van der Waals surface area contributed by atoms with Gasteiger partial charge in [0, 0.05) is 26.2 Å². The standard InChI is InChI=1S/C14H27N3O.HI/c1-17(12-8-9-12)14(15)16-10-5-11-18-13-6-3-2-4-7-13;/h12-13H,2-11H2,1H3,(H2,15,16);1H. The highest BCUT2D eigenvalue weighted by molar-refractivity contribution is 14.0. The predicted octanol–water partition coefficient (Wildman–Crippen LogP) is 2.75. The van der Waals surface area contributed by atoms with Crippen molar-refractivity contribution in [2.45, 2.75) is 63.5 Å². The Morgan fingerprint density at radius 1 is 1.21 bits per heavy atom. The largest absolute Gasteiger partial charge is 0.378 e. The first-order chi connectivity index (χ1) is 8.77. The fourth-order valence-electron chi connectivity index (χ4n) is 2.50. The first-order valence-electron chi connectivity index (χ1n) is 7.41. The van der Waals surface area contributed by atoms with Gasteiger partial charge >= 0.3 is 0 Å². The molecule has 2 fully saturated rings.